The highest BCUT2D eigenvalue weighted by Crippen LogP contribution is 2.46. The number of amides is 1. The van der Waals surface area contributed by atoms with Crippen molar-refractivity contribution in [1.82, 2.24) is 4.98 Å². The molecule has 0 radical (unpaired) electrons. The molecule has 1 aliphatic carbocycles. The molecule has 2 heterocycles. The van der Waals surface area contributed by atoms with Gasteiger partial charge in [0.15, 0.2) is 0 Å². The number of nitrogens with one attached hydrogen (secondary N) is 1. The average molecular weight is 419 g/mol. The Hall–Kier alpha value is -2.50. The molecular weight excluding hydrogens is 396 g/mol. The molecule has 0 unspecified atom stereocenters. The van der Waals surface area contributed by atoms with E-state index in [0.29, 0.717) is 5.56 Å². The molecule has 0 saturated heterocycles. The highest BCUT2D eigenvalue weighted by Gasteiger charge is 2.25. The molecule has 1 amide bonds. The predicted molar refractivity (Wildman–Crippen MR) is 123 cm³/mol. The maximum Gasteiger partial charge on any atom is 0.256 e. The van der Waals surface area contributed by atoms with Crippen molar-refractivity contribution in [3.05, 3.63) is 69.6 Å². The Balaban J connectivity index is 1.58. The Labute approximate surface area is 178 Å². The Morgan fingerprint density at radius 2 is 1.83 bits per heavy atom. The minimum atomic E-state index is -0.0472. The quantitative estimate of drug-likeness (QED) is 0.399. The van der Waals surface area contributed by atoms with E-state index in [1.807, 2.05) is 31.2 Å². The van der Waals surface area contributed by atoms with Crippen molar-refractivity contribution in [3.8, 4) is 10.6 Å². The second kappa shape index (κ2) is 7.39. The van der Waals surface area contributed by atoms with Crippen molar-refractivity contribution in [3.63, 3.8) is 0 Å². The van der Waals surface area contributed by atoms with Crippen LogP contribution in [0.5, 0.6) is 0 Å². The fourth-order valence-corrected chi connectivity index (χ4v) is 6.31. The molecule has 0 saturated carbocycles. The molecule has 0 bridgehead atoms. The molecule has 0 atom stereocenters. The topological polar surface area (TPSA) is 42.0 Å². The van der Waals surface area contributed by atoms with E-state index >= 15 is 0 Å². The van der Waals surface area contributed by atoms with E-state index in [9.17, 15) is 4.79 Å². The molecule has 2 aromatic heterocycles. The molecule has 0 fully saturated rings. The Morgan fingerprint density at radius 1 is 1.00 bits per heavy atom. The van der Waals surface area contributed by atoms with Gasteiger partial charge in [0.05, 0.1) is 10.2 Å². The summed E-state index contributed by atoms with van der Waals surface area (Å²) in [5.41, 5.74) is 6.58. The molecule has 1 aliphatic rings. The molecule has 2 aromatic carbocycles. The predicted octanol–water partition coefficient (Wildman–Crippen LogP) is 6.77. The molecule has 29 heavy (non-hydrogen) atoms. The maximum absolute atomic E-state index is 13.0. The number of carbonyl (C=O) groups excluding carboxylic acids is 1. The van der Waals surface area contributed by atoms with E-state index in [1.165, 1.54) is 33.5 Å². The highest BCUT2D eigenvalue weighted by molar-refractivity contribution is 7.23. The fraction of sp³-hybridized carbons (Fsp3) is 0.250. The van der Waals surface area contributed by atoms with E-state index in [0.717, 1.165) is 39.5 Å². The largest absolute Gasteiger partial charge is 0.313 e. The van der Waals surface area contributed by atoms with E-state index in [2.05, 4.69) is 30.4 Å². The maximum atomic E-state index is 13.0. The zero-order valence-corrected chi connectivity index (χ0v) is 18.2. The summed E-state index contributed by atoms with van der Waals surface area (Å²) in [5, 5.41) is 5.18. The van der Waals surface area contributed by atoms with E-state index in [-0.39, 0.29) is 5.91 Å². The van der Waals surface area contributed by atoms with Gasteiger partial charge >= 0.3 is 0 Å². The fourth-order valence-electron chi connectivity index (χ4n) is 3.92. The van der Waals surface area contributed by atoms with Crippen LogP contribution in [0.3, 0.4) is 0 Å². The number of aromatic nitrogens is 1. The molecule has 5 rings (SSSR count). The van der Waals surface area contributed by atoms with Crippen LogP contribution in [0.15, 0.2) is 42.5 Å². The molecule has 146 valence electrons. The molecule has 4 aromatic rings. The molecule has 0 aliphatic heterocycles. The van der Waals surface area contributed by atoms with Crippen LogP contribution < -0.4 is 5.32 Å². The first-order valence-corrected chi connectivity index (χ1v) is 11.6. The van der Waals surface area contributed by atoms with Gasteiger partial charge in [0.25, 0.3) is 5.91 Å². The van der Waals surface area contributed by atoms with Crippen molar-refractivity contribution in [2.24, 2.45) is 0 Å². The second-order valence-electron chi connectivity index (χ2n) is 7.65. The Kier molecular flexibility index (Phi) is 4.72. The van der Waals surface area contributed by atoms with Crippen LogP contribution in [0.2, 0.25) is 0 Å². The number of anilines is 1. The average Bonchev–Trinajstić information content (AvgIpc) is 3.30. The number of carbonyl (C=O) groups is 1. The van der Waals surface area contributed by atoms with Crippen LogP contribution in [0.25, 0.3) is 20.8 Å². The number of rotatable bonds is 3. The van der Waals surface area contributed by atoms with Gasteiger partial charge in [-0.3, -0.25) is 4.79 Å². The summed E-state index contributed by atoms with van der Waals surface area (Å²) >= 11 is 3.45. The van der Waals surface area contributed by atoms with Crippen LogP contribution in [0.1, 0.15) is 44.8 Å². The lowest BCUT2D eigenvalue weighted by atomic mass is 9.95. The number of hydrogen-bond donors (Lipinski definition) is 1. The van der Waals surface area contributed by atoms with Crippen LogP contribution in [-0.4, -0.2) is 10.9 Å². The number of aryl methyl sites for hydroxylation is 3. The standard InChI is InChI=1S/C24H22N2OS2/c1-14-11-12-16(13-15(14)2)22(27)26-24-21(17-7-3-5-9-19(17)28-24)23-25-18-8-4-6-10-20(18)29-23/h4,6,8,10-13H,3,5,7,9H2,1-2H3,(H,26,27). The first-order chi connectivity index (χ1) is 14.1. The lowest BCUT2D eigenvalue weighted by Crippen LogP contribution is -2.12. The van der Waals surface area contributed by atoms with Gasteiger partial charge in [-0.05, 0) is 80.5 Å². The summed E-state index contributed by atoms with van der Waals surface area (Å²) in [6, 6.07) is 14.1. The molecule has 5 heteroatoms. The number of nitrogens with zero attached hydrogens (tertiary/aromatic N) is 1. The molecule has 3 nitrogen and oxygen atoms in total. The number of para-hydroxylation sites is 1. The molecular formula is C24H22N2OS2. The van der Waals surface area contributed by atoms with Crippen molar-refractivity contribution in [2.75, 3.05) is 5.32 Å². The van der Waals surface area contributed by atoms with Gasteiger partial charge in [-0.15, -0.1) is 22.7 Å². The number of fused-ring (bicyclic) bond motifs is 2. The number of thiophene rings is 1. The van der Waals surface area contributed by atoms with E-state index < -0.39 is 0 Å². The summed E-state index contributed by atoms with van der Waals surface area (Å²) in [4.78, 5) is 19.3. The zero-order valence-electron chi connectivity index (χ0n) is 16.5. The summed E-state index contributed by atoms with van der Waals surface area (Å²) < 4.78 is 1.18. The summed E-state index contributed by atoms with van der Waals surface area (Å²) in [6.07, 6.45) is 4.58. The number of hydrogen-bond acceptors (Lipinski definition) is 4. The van der Waals surface area contributed by atoms with Crippen LogP contribution in [0.4, 0.5) is 5.00 Å². The van der Waals surface area contributed by atoms with E-state index in [1.54, 1.807) is 22.7 Å². The van der Waals surface area contributed by atoms with Crippen LogP contribution in [0, 0.1) is 13.8 Å². The minimum absolute atomic E-state index is 0.0472. The van der Waals surface area contributed by atoms with Crippen molar-refractivity contribution in [2.45, 2.75) is 39.5 Å². The highest BCUT2D eigenvalue weighted by atomic mass is 32.1. The van der Waals surface area contributed by atoms with Gasteiger partial charge in [0.2, 0.25) is 0 Å². The van der Waals surface area contributed by atoms with Crippen LogP contribution in [-0.2, 0) is 12.8 Å². The third-order valence-corrected chi connectivity index (χ3v) is 7.94. The SMILES string of the molecule is Cc1ccc(C(=O)Nc2sc3c(c2-c2nc4ccccc4s2)CCCC3)cc1C. The van der Waals surface area contributed by atoms with Gasteiger partial charge < -0.3 is 5.32 Å². The zero-order chi connectivity index (χ0) is 20.0. The number of benzene rings is 2. The summed E-state index contributed by atoms with van der Waals surface area (Å²) in [5.74, 6) is -0.0472. The smallest absolute Gasteiger partial charge is 0.256 e. The lowest BCUT2D eigenvalue weighted by Gasteiger charge is -2.12. The molecule has 1 N–H and O–H groups in total. The van der Waals surface area contributed by atoms with Gasteiger partial charge in [0.1, 0.15) is 10.0 Å². The van der Waals surface area contributed by atoms with Gasteiger partial charge in [0, 0.05) is 16.0 Å². The van der Waals surface area contributed by atoms with Crippen molar-refractivity contribution < 1.29 is 4.79 Å². The Bertz CT molecular complexity index is 1200. The van der Waals surface area contributed by atoms with Crippen LogP contribution >= 0.6 is 22.7 Å². The first-order valence-electron chi connectivity index (χ1n) is 9.99. The summed E-state index contributed by atoms with van der Waals surface area (Å²) in [6.45, 7) is 4.11. The monoisotopic (exact) mass is 418 g/mol. The number of thiazole rings is 1. The minimum Gasteiger partial charge on any atom is -0.313 e. The normalized spacial score (nSPS) is 13.4. The van der Waals surface area contributed by atoms with Crippen molar-refractivity contribution in [1.29, 1.82) is 0 Å². The third kappa shape index (κ3) is 3.38. The van der Waals surface area contributed by atoms with E-state index in [4.69, 9.17) is 4.98 Å². The Morgan fingerprint density at radius 3 is 2.66 bits per heavy atom. The van der Waals surface area contributed by atoms with Gasteiger partial charge in [-0.25, -0.2) is 4.98 Å². The van der Waals surface area contributed by atoms with Gasteiger partial charge in [-0.2, -0.15) is 0 Å². The second-order valence-corrected chi connectivity index (χ2v) is 9.79. The van der Waals surface area contributed by atoms with Gasteiger partial charge in [-0.1, -0.05) is 18.2 Å². The summed E-state index contributed by atoms with van der Waals surface area (Å²) in [7, 11) is 0. The third-order valence-electron chi connectivity index (χ3n) is 5.68. The van der Waals surface area contributed by atoms with Crippen molar-refractivity contribution >= 4 is 43.8 Å². The first kappa shape index (κ1) is 18.5. The lowest BCUT2D eigenvalue weighted by molar-refractivity contribution is 0.102. The molecule has 0 spiro atoms.